The lowest BCUT2D eigenvalue weighted by molar-refractivity contribution is -0.139. The molecule has 1 heterocycles. The Labute approximate surface area is 96.9 Å². The summed E-state index contributed by atoms with van der Waals surface area (Å²) in [5.74, 6) is 0.583. The van der Waals surface area contributed by atoms with Gasteiger partial charge in [0, 0.05) is 25.0 Å². The molecule has 3 N–H and O–H groups in total. The first-order valence-corrected chi connectivity index (χ1v) is 6.40. The fourth-order valence-corrected chi connectivity index (χ4v) is 2.72. The van der Waals surface area contributed by atoms with E-state index in [0.29, 0.717) is 12.3 Å². The number of carbonyl (C=O) groups is 1. The van der Waals surface area contributed by atoms with E-state index in [1.54, 1.807) is 0 Å². The van der Waals surface area contributed by atoms with Crippen LogP contribution >= 0.6 is 0 Å². The van der Waals surface area contributed by atoms with Crippen LogP contribution in [0.25, 0.3) is 0 Å². The Bertz CT molecular complexity index is 257. The molecular weight excluding hydrogens is 204 g/mol. The molecule has 1 aliphatic carbocycles. The number of fused-ring (bicyclic) bond motifs is 1. The van der Waals surface area contributed by atoms with E-state index in [1.165, 1.54) is 0 Å². The molecule has 16 heavy (non-hydrogen) atoms. The van der Waals surface area contributed by atoms with Crippen LogP contribution in [0, 0.1) is 5.92 Å². The van der Waals surface area contributed by atoms with E-state index < -0.39 is 0 Å². The molecule has 0 radical (unpaired) electrons. The maximum atomic E-state index is 11.6. The first-order valence-electron chi connectivity index (χ1n) is 6.40. The minimum Gasteiger partial charge on any atom is -0.376 e. The number of carbonyl (C=O) groups excluding carboxylic acids is 1. The van der Waals surface area contributed by atoms with Gasteiger partial charge in [-0.05, 0) is 19.3 Å². The van der Waals surface area contributed by atoms with Crippen molar-refractivity contribution in [2.24, 2.45) is 11.7 Å². The smallest absolute Gasteiger partial charge is 0.220 e. The number of rotatable bonds is 4. The number of nitrogens with one attached hydrogen (secondary N) is 1. The molecule has 0 aromatic carbocycles. The minimum absolute atomic E-state index is 0.0506. The normalized spacial score (nSPS) is 37.4. The number of hydrogen-bond donors (Lipinski definition) is 2. The van der Waals surface area contributed by atoms with Gasteiger partial charge in [-0.25, -0.2) is 0 Å². The number of hydrogen-bond acceptors (Lipinski definition) is 3. The second-order valence-electron chi connectivity index (χ2n) is 4.92. The molecule has 0 aromatic rings. The van der Waals surface area contributed by atoms with Crippen LogP contribution < -0.4 is 11.1 Å². The molecule has 4 atom stereocenters. The Morgan fingerprint density at radius 2 is 2.38 bits per heavy atom. The topological polar surface area (TPSA) is 64.4 Å². The van der Waals surface area contributed by atoms with Crippen molar-refractivity contribution in [1.82, 2.24) is 5.32 Å². The van der Waals surface area contributed by atoms with E-state index in [0.717, 1.165) is 32.3 Å². The lowest BCUT2D eigenvalue weighted by atomic mass is 9.68. The number of ether oxygens (including phenoxy) is 1. The molecule has 92 valence electrons. The predicted molar refractivity (Wildman–Crippen MR) is 61.9 cm³/mol. The summed E-state index contributed by atoms with van der Waals surface area (Å²) < 4.78 is 5.67. The molecule has 1 amide bonds. The monoisotopic (exact) mass is 226 g/mol. The van der Waals surface area contributed by atoms with Crippen LogP contribution in [0.3, 0.4) is 0 Å². The van der Waals surface area contributed by atoms with Crippen molar-refractivity contribution >= 4 is 5.91 Å². The summed E-state index contributed by atoms with van der Waals surface area (Å²) in [6.07, 6.45) is 5.03. The van der Waals surface area contributed by atoms with E-state index >= 15 is 0 Å². The highest BCUT2D eigenvalue weighted by molar-refractivity contribution is 5.76. The molecule has 2 rings (SSSR count). The van der Waals surface area contributed by atoms with Crippen molar-refractivity contribution in [2.75, 3.05) is 6.61 Å². The van der Waals surface area contributed by atoms with Gasteiger partial charge in [0.15, 0.2) is 0 Å². The summed E-state index contributed by atoms with van der Waals surface area (Å²) in [5.41, 5.74) is 6.06. The van der Waals surface area contributed by atoms with Crippen LogP contribution in [0.1, 0.15) is 39.0 Å². The Balaban J connectivity index is 1.79. The van der Waals surface area contributed by atoms with Gasteiger partial charge in [-0.15, -0.1) is 0 Å². The lowest BCUT2D eigenvalue weighted by Crippen LogP contribution is -2.72. The van der Waals surface area contributed by atoms with Gasteiger partial charge in [-0.1, -0.05) is 13.3 Å². The average molecular weight is 226 g/mol. The van der Waals surface area contributed by atoms with Crippen LogP contribution in [0.15, 0.2) is 0 Å². The van der Waals surface area contributed by atoms with E-state index in [-0.39, 0.29) is 24.1 Å². The van der Waals surface area contributed by atoms with Gasteiger partial charge in [-0.2, -0.15) is 0 Å². The Morgan fingerprint density at radius 3 is 3.12 bits per heavy atom. The molecule has 2 aliphatic rings. The lowest BCUT2D eigenvalue weighted by Gasteiger charge is -2.52. The Kier molecular flexibility index (Phi) is 3.82. The summed E-state index contributed by atoms with van der Waals surface area (Å²) in [4.78, 5) is 11.6. The third-order valence-electron chi connectivity index (χ3n) is 3.76. The molecule has 4 nitrogen and oxygen atoms in total. The molecule has 4 heteroatoms. The van der Waals surface area contributed by atoms with Crippen LogP contribution in [0.5, 0.6) is 0 Å². The summed E-state index contributed by atoms with van der Waals surface area (Å²) in [5, 5.41) is 3.01. The van der Waals surface area contributed by atoms with Gasteiger partial charge >= 0.3 is 0 Å². The van der Waals surface area contributed by atoms with Gasteiger partial charge in [0.2, 0.25) is 5.91 Å². The molecule has 0 bridgehead atoms. The Hall–Kier alpha value is -0.610. The highest BCUT2D eigenvalue weighted by atomic mass is 16.5. The summed E-state index contributed by atoms with van der Waals surface area (Å²) in [6, 6.07) is 0.144. The fraction of sp³-hybridized carbons (Fsp3) is 0.917. The molecule has 0 aromatic heterocycles. The highest BCUT2D eigenvalue weighted by Crippen LogP contribution is 2.36. The largest absolute Gasteiger partial charge is 0.376 e. The van der Waals surface area contributed by atoms with Gasteiger partial charge < -0.3 is 15.8 Å². The molecule has 2 fully saturated rings. The van der Waals surface area contributed by atoms with Crippen LogP contribution in [-0.4, -0.2) is 30.7 Å². The van der Waals surface area contributed by atoms with Gasteiger partial charge in [-0.3, -0.25) is 4.79 Å². The second kappa shape index (κ2) is 5.15. The van der Waals surface area contributed by atoms with Crippen molar-refractivity contribution in [3.8, 4) is 0 Å². The average Bonchev–Trinajstić information content (AvgIpc) is 2.33. The summed E-state index contributed by atoms with van der Waals surface area (Å²) >= 11 is 0. The summed E-state index contributed by atoms with van der Waals surface area (Å²) in [7, 11) is 0. The van der Waals surface area contributed by atoms with Gasteiger partial charge in [0.05, 0.1) is 12.1 Å². The van der Waals surface area contributed by atoms with Gasteiger partial charge in [0.1, 0.15) is 0 Å². The third-order valence-corrected chi connectivity index (χ3v) is 3.76. The van der Waals surface area contributed by atoms with E-state index in [1.807, 2.05) is 0 Å². The third kappa shape index (κ3) is 2.23. The fourth-order valence-electron chi connectivity index (χ4n) is 2.72. The van der Waals surface area contributed by atoms with Crippen LogP contribution in [-0.2, 0) is 9.53 Å². The van der Waals surface area contributed by atoms with Crippen molar-refractivity contribution in [3.63, 3.8) is 0 Å². The van der Waals surface area contributed by atoms with E-state index in [2.05, 4.69) is 12.2 Å². The molecular formula is C12H22N2O2. The SMILES string of the molecule is CCCCC(=O)NC1C(N)C2CCCOC21. The maximum absolute atomic E-state index is 11.6. The number of amides is 1. The molecule has 4 unspecified atom stereocenters. The van der Waals surface area contributed by atoms with Crippen LogP contribution in [0.4, 0.5) is 0 Å². The molecule has 0 spiro atoms. The van der Waals surface area contributed by atoms with E-state index in [4.69, 9.17) is 10.5 Å². The molecule has 1 saturated heterocycles. The zero-order chi connectivity index (χ0) is 11.5. The van der Waals surface area contributed by atoms with Crippen molar-refractivity contribution < 1.29 is 9.53 Å². The van der Waals surface area contributed by atoms with Crippen molar-refractivity contribution in [3.05, 3.63) is 0 Å². The predicted octanol–water partition coefficient (Wildman–Crippen LogP) is 0.797. The quantitative estimate of drug-likeness (QED) is 0.745. The first kappa shape index (κ1) is 11.9. The van der Waals surface area contributed by atoms with Crippen molar-refractivity contribution in [1.29, 1.82) is 0 Å². The second-order valence-corrected chi connectivity index (χ2v) is 4.92. The van der Waals surface area contributed by atoms with Gasteiger partial charge in [0.25, 0.3) is 0 Å². The summed E-state index contributed by atoms with van der Waals surface area (Å²) in [6.45, 7) is 2.90. The number of nitrogens with two attached hydrogens (primary N) is 1. The Morgan fingerprint density at radius 1 is 1.56 bits per heavy atom. The zero-order valence-electron chi connectivity index (χ0n) is 9.95. The van der Waals surface area contributed by atoms with Crippen LogP contribution in [0.2, 0.25) is 0 Å². The zero-order valence-corrected chi connectivity index (χ0v) is 9.95. The highest BCUT2D eigenvalue weighted by Gasteiger charge is 2.50. The maximum Gasteiger partial charge on any atom is 0.220 e. The number of unbranched alkanes of at least 4 members (excludes halogenated alkanes) is 1. The van der Waals surface area contributed by atoms with E-state index in [9.17, 15) is 4.79 Å². The molecule has 1 saturated carbocycles. The standard InChI is InChI=1S/C12H22N2O2/c1-2-3-6-9(15)14-11-10(13)8-5-4-7-16-12(8)11/h8,10-12H,2-7,13H2,1H3,(H,14,15). The molecule has 1 aliphatic heterocycles. The minimum atomic E-state index is 0.0506. The first-order chi connectivity index (χ1) is 7.74. The van der Waals surface area contributed by atoms with Crippen molar-refractivity contribution in [2.45, 2.75) is 57.2 Å².